The predicted molar refractivity (Wildman–Crippen MR) is 116 cm³/mol. The maximum atomic E-state index is 13.9. The number of fused-ring (bicyclic) bond motifs is 1. The van der Waals surface area contributed by atoms with E-state index in [0.717, 1.165) is 58.2 Å². The van der Waals surface area contributed by atoms with Crippen LogP contribution in [0.5, 0.6) is 0 Å². The molecule has 9 heteroatoms. The molecular weight excluding hydrogens is 436 g/mol. The molecule has 1 unspecified atom stereocenters. The molecule has 3 aliphatic rings. The second-order valence-electron chi connectivity index (χ2n) is 9.73. The lowest BCUT2D eigenvalue weighted by Crippen LogP contribution is -2.30. The highest BCUT2D eigenvalue weighted by Crippen LogP contribution is 2.42. The fraction of sp³-hybridized carbons (Fsp3) is 0.583. The molecule has 4 atom stereocenters. The van der Waals surface area contributed by atoms with E-state index in [-0.39, 0.29) is 17.6 Å². The van der Waals surface area contributed by atoms with Crippen molar-refractivity contribution in [2.24, 2.45) is 17.8 Å². The first-order valence-electron chi connectivity index (χ1n) is 11.5. The van der Waals surface area contributed by atoms with Crippen LogP contribution in [-0.2, 0) is 10.9 Å². The lowest BCUT2D eigenvalue weighted by molar-refractivity contribution is -0.137. The number of alkyl halides is 3. The zero-order valence-corrected chi connectivity index (χ0v) is 18.5. The Kier molecular flexibility index (Phi) is 6.03. The van der Waals surface area contributed by atoms with Gasteiger partial charge in [0.1, 0.15) is 11.4 Å². The normalized spacial score (nSPS) is 27.8. The zero-order valence-electron chi connectivity index (χ0n) is 18.5. The third-order valence-corrected chi connectivity index (χ3v) is 7.28. The Morgan fingerprint density at radius 3 is 2.55 bits per heavy atom. The van der Waals surface area contributed by atoms with Gasteiger partial charge in [-0.25, -0.2) is 4.39 Å². The summed E-state index contributed by atoms with van der Waals surface area (Å²) in [6, 6.07) is 4.89. The quantitative estimate of drug-likeness (QED) is 0.647. The van der Waals surface area contributed by atoms with E-state index < -0.39 is 17.6 Å². The van der Waals surface area contributed by atoms with Gasteiger partial charge in [-0.05, 0) is 67.7 Å². The zero-order chi connectivity index (χ0) is 23.2. The lowest BCUT2D eigenvalue weighted by Gasteiger charge is -2.23. The number of hydrogen-bond donors (Lipinski definition) is 1. The summed E-state index contributed by atoms with van der Waals surface area (Å²) in [5, 5.41) is 10.9. The van der Waals surface area contributed by atoms with E-state index >= 15 is 0 Å². The molecule has 5 nitrogen and oxygen atoms in total. The van der Waals surface area contributed by atoms with Gasteiger partial charge in [0.2, 0.25) is 0 Å². The number of halogens is 4. The van der Waals surface area contributed by atoms with E-state index in [0.29, 0.717) is 28.9 Å². The highest BCUT2D eigenvalue weighted by Gasteiger charge is 2.43. The molecule has 2 aliphatic heterocycles. The molecule has 2 saturated heterocycles. The standard InChI is InChI=1S/C24H28F4N4O/c1-14-2-3-18(25)8-20(14)22-9-21(24(26,27)28)23(31-30-22)29-19-6-16-11-32(12-17(16)7-19)10-15-4-5-33-13-15/h2-3,8-9,15-17,19H,4-7,10-13H2,1H3,(H,29,31)/t15-,16-,17+,19?/m0/s1. The minimum absolute atomic E-state index is 0.0136. The molecule has 1 aliphatic carbocycles. The van der Waals surface area contributed by atoms with Crippen molar-refractivity contribution in [3.63, 3.8) is 0 Å². The van der Waals surface area contributed by atoms with Crippen LogP contribution in [0.4, 0.5) is 23.4 Å². The van der Waals surface area contributed by atoms with Gasteiger partial charge < -0.3 is 15.0 Å². The third kappa shape index (κ3) is 4.84. The Morgan fingerprint density at radius 1 is 1.12 bits per heavy atom. The summed E-state index contributed by atoms with van der Waals surface area (Å²) >= 11 is 0. The molecule has 2 aromatic rings. The van der Waals surface area contributed by atoms with E-state index in [1.165, 1.54) is 18.2 Å². The third-order valence-electron chi connectivity index (χ3n) is 7.28. The van der Waals surface area contributed by atoms with E-state index in [9.17, 15) is 17.6 Å². The van der Waals surface area contributed by atoms with Crippen molar-refractivity contribution in [2.75, 3.05) is 38.2 Å². The van der Waals surface area contributed by atoms with Gasteiger partial charge in [0.25, 0.3) is 0 Å². The molecule has 1 aromatic carbocycles. The van der Waals surface area contributed by atoms with Crippen LogP contribution in [0.15, 0.2) is 24.3 Å². The number of benzene rings is 1. The van der Waals surface area contributed by atoms with Crippen molar-refractivity contribution in [3.8, 4) is 11.3 Å². The van der Waals surface area contributed by atoms with Crippen molar-refractivity contribution in [3.05, 3.63) is 41.2 Å². The molecule has 0 radical (unpaired) electrons. The molecule has 1 saturated carbocycles. The van der Waals surface area contributed by atoms with Crippen LogP contribution in [0.1, 0.15) is 30.4 Å². The largest absolute Gasteiger partial charge is 0.420 e. The van der Waals surface area contributed by atoms with Gasteiger partial charge >= 0.3 is 6.18 Å². The Bertz CT molecular complexity index is 994. The van der Waals surface area contributed by atoms with E-state index in [1.807, 2.05) is 0 Å². The average molecular weight is 465 g/mol. The van der Waals surface area contributed by atoms with Crippen LogP contribution in [0, 0.1) is 30.5 Å². The predicted octanol–water partition coefficient (Wildman–Crippen LogP) is 4.77. The fourth-order valence-corrected chi connectivity index (χ4v) is 5.67. The first kappa shape index (κ1) is 22.5. The van der Waals surface area contributed by atoms with Gasteiger partial charge in [0.15, 0.2) is 5.82 Å². The number of likely N-dealkylation sites (tertiary alicyclic amines) is 1. The van der Waals surface area contributed by atoms with Crippen LogP contribution in [-0.4, -0.2) is 54.0 Å². The molecule has 3 fully saturated rings. The maximum Gasteiger partial charge on any atom is 0.420 e. The van der Waals surface area contributed by atoms with Gasteiger partial charge in [0.05, 0.1) is 12.3 Å². The number of rotatable bonds is 5. The average Bonchev–Trinajstić information content (AvgIpc) is 3.47. The van der Waals surface area contributed by atoms with Crippen LogP contribution in [0.2, 0.25) is 0 Å². The monoisotopic (exact) mass is 464 g/mol. The topological polar surface area (TPSA) is 50.3 Å². The molecule has 178 valence electrons. The number of aromatic nitrogens is 2. The fourth-order valence-electron chi connectivity index (χ4n) is 5.67. The summed E-state index contributed by atoms with van der Waals surface area (Å²) in [5.74, 6) is 0.802. The molecule has 0 amide bonds. The molecule has 1 N–H and O–H groups in total. The summed E-state index contributed by atoms with van der Waals surface area (Å²) in [4.78, 5) is 2.49. The van der Waals surface area contributed by atoms with Crippen molar-refractivity contribution in [1.29, 1.82) is 0 Å². The van der Waals surface area contributed by atoms with Crippen LogP contribution in [0.3, 0.4) is 0 Å². The first-order chi connectivity index (χ1) is 15.8. The maximum absolute atomic E-state index is 13.9. The van der Waals surface area contributed by atoms with Crippen molar-refractivity contribution in [2.45, 2.75) is 38.4 Å². The highest BCUT2D eigenvalue weighted by atomic mass is 19.4. The second-order valence-corrected chi connectivity index (χ2v) is 9.73. The Labute approximate surface area is 190 Å². The van der Waals surface area contributed by atoms with Crippen molar-refractivity contribution >= 4 is 5.82 Å². The molecule has 0 bridgehead atoms. The van der Waals surface area contributed by atoms with E-state index in [4.69, 9.17) is 4.74 Å². The smallest absolute Gasteiger partial charge is 0.381 e. The van der Waals surface area contributed by atoms with Crippen LogP contribution < -0.4 is 5.32 Å². The van der Waals surface area contributed by atoms with Crippen LogP contribution >= 0.6 is 0 Å². The van der Waals surface area contributed by atoms with Crippen LogP contribution in [0.25, 0.3) is 11.3 Å². The van der Waals surface area contributed by atoms with Gasteiger partial charge in [-0.3, -0.25) is 0 Å². The number of ether oxygens (including phenoxy) is 1. The molecule has 3 heterocycles. The number of hydrogen-bond acceptors (Lipinski definition) is 5. The Balaban J connectivity index is 1.29. The first-order valence-corrected chi connectivity index (χ1v) is 11.5. The number of nitrogens with one attached hydrogen (secondary N) is 1. The molecular formula is C24H28F4N4O. The Hall–Kier alpha value is -2.26. The van der Waals surface area contributed by atoms with Gasteiger partial charge in [-0.15, -0.1) is 10.2 Å². The summed E-state index contributed by atoms with van der Waals surface area (Å²) in [5.41, 5.74) is 0.0929. The molecule has 1 aromatic heterocycles. The van der Waals surface area contributed by atoms with Gasteiger partial charge in [-0.2, -0.15) is 13.2 Å². The molecule has 0 spiro atoms. The molecule has 5 rings (SSSR count). The minimum Gasteiger partial charge on any atom is -0.381 e. The second kappa shape index (κ2) is 8.83. The number of nitrogens with zero attached hydrogens (tertiary/aromatic N) is 3. The van der Waals surface area contributed by atoms with Crippen molar-refractivity contribution < 1.29 is 22.3 Å². The Morgan fingerprint density at radius 2 is 1.88 bits per heavy atom. The lowest BCUT2D eigenvalue weighted by atomic mass is 10.0. The van der Waals surface area contributed by atoms with Crippen molar-refractivity contribution in [1.82, 2.24) is 15.1 Å². The van der Waals surface area contributed by atoms with E-state index in [1.54, 1.807) is 6.92 Å². The number of anilines is 1. The number of aryl methyl sites for hydroxylation is 1. The summed E-state index contributed by atoms with van der Waals surface area (Å²) in [6.07, 6.45) is -1.83. The van der Waals surface area contributed by atoms with Gasteiger partial charge in [-0.1, -0.05) is 6.07 Å². The molecule has 33 heavy (non-hydrogen) atoms. The SMILES string of the molecule is Cc1ccc(F)cc1-c1cc(C(F)(F)F)c(NC2C[C@@H]3CN(C[C@@H]4CCOC4)C[C@@H]3C2)nn1. The van der Waals surface area contributed by atoms with Gasteiger partial charge in [0, 0.05) is 37.8 Å². The highest BCUT2D eigenvalue weighted by molar-refractivity contribution is 5.65. The summed E-state index contributed by atoms with van der Waals surface area (Å²) in [7, 11) is 0. The summed E-state index contributed by atoms with van der Waals surface area (Å²) in [6.45, 7) is 6.42. The minimum atomic E-state index is -4.59. The summed E-state index contributed by atoms with van der Waals surface area (Å²) < 4.78 is 60.8. The van der Waals surface area contributed by atoms with E-state index in [2.05, 4.69) is 20.4 Å².